The molecular weight excluding hydrogens is 262 g/mol. The summed E-state index contributed by atoms with van der Waals surface area (Å²) in [6.45, 7) is 0.442. The molecule has 1 aromatic heterocycles. The van der Waals surface area contributed by atoms with E-state index in [4.69, 9.17) is 5.11 Å². The number of carboxylic acid groups (broad SMARTS) is 1. The highest BCUT2D eigenvalue weighted by molar-refractivity contribution is 5.93. The molecular formula is C13H11N3O4. The smallest absolute Gasteiger partial charge is 0.342 e. The van der Waals surface area contributed by atoms with Gasteiger partial charge in [-0.25, -0.2) is 4.79 Å². The molecule has 0 spiro atoms. The minimum absolute atomic E-state index is 0.332. The predicted octanol–water partition coefficient (Wildman–Crippen LogP) is 2.30. The van der Waals surface area contributed by atoms with Crippen molar-refractivity contribution >= 4 is 17.3 Å². The number of aromatic nitrogens is 1. The average molecular weight is 273 g/mol. The zero-order valence-electron chi connectivity index (χ0n) is 10.3. The minimum Gasteiger partial charge on any atom is -0.477 e. The first-order chi connectivity index (χ1) is 9.58. The number of hydrogen-bond donors (Lipinski definition) is 2. The van der Waals surface area contributed by atoms with Crippen molar-refractivity contribution in [3.63, 3.8) is 0 Å². The van der Waals surface area contributed by atoms with E-state index < -0.39 is 16.6 Å². The first-order valence-electron chi connectivity index (χ1n) is 5.72. The van der Waals surface area contributed by atoms with Gasteiger partial charge in [0.05, 0.1) is 4.92 Å². The van der Waals surface area contributed by atoms with E-state index in [0.717, 1.165) is 5.56 Å². The monoisotopic (exact) mass is 273 g/mol. The summed E-state index contributed by atoms with van der Waals surface area (Å²) in [5.74, 6) is -1.32. The van der Waals surface area contributed by atoms with Crippen molar-refractivity contribution in [3.8, 4) is 0 Å². The fraction of sp³-hybridized carbons (Fsp3) is 0.0769. The topological polar surface area (TPSA) is 105 Å². The summed E-state index contributed by atoms with van der Waals surface area (Å²) < 4.78 is 0. The van der Waals surface area contributed by atoms with E-state index >= 15 is 0 Å². The Hall–Kier alpha value is -2.96. The first-order valence-corrected chi connectivity index (χ1v) is 5.72. The van der Waals surface area contributed by atoms with Crippen LogP contribution in [0.3, 0.4) is 0 Å². The number of carbonyl (C=O) groups is 1. The molecule has 102 valence electrons. The van der Waals surface area contributed by atoms with Crippen LogP contribution in [0.15, 0.2) is 42.7 Å². The fourth-order valence-electron chi connectivity index (χ4n) is 1.68. The Morgan fingerprint density at radius 2 is 2.20 bits per heavy atom. The molecule has 0 unspecified atom stereocenters. The van der Waals surface area contributed by atoms with Crippen LogP contribution in [0.2, 0.25) is 0 Å². The summed E-state index contributed by atoms with van der Waals surface area (Å²) in [5.41, 5.74) is 0.624. The van der Waals surface area contributed by atoms with Gasteiger partial charge in [0.15, 0.2) is 0 Å². The fourth-order valence-corrected chi connectivity index (χ4v) is 1.68. The highest BCUT2D eigenvalue weighted by atomic mass is 16.6. The van der Waals surface area contributed by atoms with Gasteiger partial charge in [0, 0.05) is 30.7 Å². The molecule has 1 heterocycles. The molecule has 0 atom stereocenters. The van der Waals surface area contributed by atoms with Gasteiger partial charge in [-0.1, -0.05) is 6.07 Å². The van der Waals surface area contributed by atoms with Crippen molar-refractivity contribution < 1.29 is 14.8 Å². The van der Waals surface area contributed by atoms with E-state index in [-0.39, 0.29) is 5.56 Å². The van der Waals surface area contributed by atoms with Gasteiger partial charge in [-0.3, -0.25) is 15.1 Å². The molecule has 7 heteroatoms. The quantitative estimate of drug-likeness (QED) is 0.639. The van der Waals surface area contributed by atoms with Crippen molar-refractivity contribution in [1.29, 1.82) is 0 Å². The van der Waals surface area contributed by atoms with Gasteiger partial charge < -0.3 is 10.4 Å². The number of rotatable bonds is 5. The summed E-state index contributed by atoms with van der Waals surface area (Å²) in [6.07, 6.45) is 3.32. The van der Waals surface area contributed by atoms with Crippen LogP contribution in [0.5, 0.6) is 0 Å². The lowest BCUT2D eigenvalue weighted by atomic mass is 10.1. The zero-order chi connectivity index (χ0) is 14.5. The number of carboxylic acids is 1. The van der Waals surface area contributed by atoms with Gasteiger partial charge in [-0.05, 0) is 23.8 Å². The van der Waals surface area contributed by atoms with Crippen LogP contribution in [-0.4, -0.2) is 21.0 Å². The summed E-state index contributed by atoms with van der Waals surface area (Å²) in [7, 11) is 0. The van der Waals surface area contributed by atoms with Crippen molar-refractivity contribution in [2.45, 2.75) is 6.54 Å². The van der Waals surface area contributed by atoms with Crippen molar-refractivity contribution in [2.24, 2.45) is 0 Å². The number of aromatic carboxylic acids is 1. The number of hydrogen-bond acceptors (Lipinski definition) is 5. The number of nitro groups is 1. The van der Waals surface area contributed by atoms with Crippen molar-refractivity contribution in [2.75, 3.05) is 5.32 Å². The van der Waals surface area contributed by atoms with Crippen LogP contribution >= 0.6 is 0 Å². The van der Waals surface area contributed by atoms with E-state index in [0.29, 0.717) is 12.2 Å². The Balaban J connectivity index is 2.19. The lowest BCUT2D eigenvalue weighted by Crippen LogP contribution is -2.05. The second-order valence-corrected chi connectivity index (χ2v) is 4.01. The molecule has 0 saturated heterocycles. The lowest BCUT2D eigenvalue weighted by molar-refractivity contribution is -0.385. The third-order valence-electron chi connectivity index (χ3n) is 2.64. The Bertz CT molecular complexity index is 643. The van der Waals surface area contributed by atoms with Gasteiger partial charge in [-0.15, -0.1) is 0 Å². The highest BCUT2D eigenvalue weighted by Gasteiger charge is 2.19. The van der Waals surface area contributed by atoms with E-state index in [2.05, 4.69) is 10.3 Å². The van der Waals surface area contributed by atoms with Gasteiger partial charge in [0.25, 0.3) is 5.69 Å². The third-order valence-corrected chi connectivity index (χ3v) is 2.64. The van der Waals surface area contributed by atoms with Gasteiger partial charge >= 0.3 is 5.97 Å². The molecule has 0 aliphatic heterocycles. The molecule has 0 aliphatic carbocycles. The van der Waals surface area contributed by atoms with Crippen LogP contribution in [0.25, 0.3) is 0 Å². The second-order valence-electron chi connectivity index (χ2n) is 4.01. The standard InChI is InChI=1S/C13H11N3O4/c17-13(18)11-4-3-10(6-12(11)16(19)20)15-8-9-2-1-5-14-7-9/h1-7,15H,8H2,(H,17,18). The summed E-state index contributed by atoms with van der Waals surface area (Å²) in [5, 5.41) is 22.7. The van der Waals surface area contributed by atoms with Gasteiger partial charge in [-0.2, -0.15) is 0 Å². The van der Waals surface area contributed by atoms with Crippen LogP contribution < -0.4 is 5.32 Å². The van der Waals surface area contributed by atoms with Crippen LogP contribution in [0.1, 0.15) is 15.9 Å². The van der Waals surface area contributed by atoms with Crippen molar-refractivity contribution in [3.05, 3.63) is 64.0 Å². The molecule has 0 saturated carbocycles. The highest BCUT2D eigenvalue weighted by Crippen LogP contribution is 2.23. The number of anilines is 1. The molecule has 0 amide bonds. The van der Waals surface area contributed by atoms with Gasteiger partial charge in [0.2, 0.25) is 0 Å². The Morgan fingerprint density at radius 3 is 2.80 bits per heavy atom. The molecule has 2 N–H and O–H groups in total. The molecule has 2 rings (SSSR count). The average Bonchev–Trinajstić information content (AvgIpc) is 2.45. The molecule has 20 heavy (non-hydrogen) atoms. The van der Waals surface area contributed by atoms with Crippen molar-refractivity contribution in [1.82, 2.24) is 4.98 Å². The maximum absolute atomic E-state index is 10.9. The normalized spacial score (nSPS) is 10.0. The zero-order valence-corrected chi connectivity index (χ0v) is 10.3. The van der Waals surface area contributed by atoms with E-state index in [9.17, 15) is 14.9 Å². The minimum atomic E-state index is -1.32. The maximum atomic E-state index is 10.9. The molecule has 0 fully saturated rings. The van der Waals surface area contributed by atoms with Crippen LogP contribution in [0.4, 0.5) is 11.4 Å². The molecule has 0 radical (unpaired) electrons. The Kier molecular flexibility index (Phi) is 3.90. The third kappa shape index (κ3) is 3.08. The Morgan fingerprint density at radius 1 is 1.40 bits per heavy atom. The SMILES string of the molecule is O=C(O)c1ccc(NCc2cccnc2)cc1[N+](=O)[O-]. The summed E-state index contributed by atoms with van der Waals surface area (Å²) in [4.78, 5) is 25.0. The Labute approximate surface area is 114 Å². The lowest BCUT2D eigenvalue weighted by Gasteiger charge is -2.07. The van der Waals surface area contributed by atoms with Gasteiger partial charge in [0.1, 0.15) is 5.56 Å². The second kappa shape index (κ2) is 5.79. The number of nitrogens with one attached hydrogen (secondary N) is 1. The van der Waals surface area contributed by atoms with E-state index in [1.165, 1.54) is 18.2 Å². The van der Waals surface area contributed by atoms with Crippen LogP contribution in [-0.2, 0) is 6.54 Å². The number of pyridine rings is 1. The summed E-state index contributed by atoms with van der Waals surface area (Å²) >= 11 is 0. The molecule has 2 aromatic rings. The van der Waals surface area contributed by atoms with E-state index in [1.54, 1.807) is 18.5 Å². The largest absolute Gasteiger partial charge is 0.477 e. The number of benzene rings is 1. The molecule has 0 bridgehead atoms. The van der Waals surface area contributed by atoms with E-state index in [1.807, 2.05) is 6.07 Å². The molecule has 1 aromatic carbocycles. The number of nitrogens with zero attached hydrogens (tertiary/aromatic N) is 2. The first kappa shape index (κ1) is 13.5. The summed E-state index contributed by atoms with van der Waals surface area (Å²) in [6, 6.07) is 7.56. The van der Waals surface area contributed by atoms with Crippen LogP contribution in [0, 0.1) is 10.1 Å². The predicted molar refractivity (Wildman–Crippen MR) is 71.6 cm³/mol. The molecule has 0 aliphatic rings. The maximum Gasteiger partial charge on any atom is 0.342 e. The number of nitro benzene ring substituents is 1. The molecule has 7 nitrogen and oxygen atoms in total.